The van der Waals surface area contributed by atoms with E-state index in [2.05, 4.69) is 21.8 Å². The summed E-state index contributed by atoms with van der Waals surface area (Å²) in [7, 11) is 0. The van der Waals surface area contributed by atoms with E-state index in [0.29, 0.717) is 5.92 Å². The van der Waals surface area contributed by atoms with Gasteiger partial charge >= 0.3 is 0 Å². The lowest BCUT2D eigenvalue weighted by atomic mass is 10.0. The van der Waals surface area contributed by atoms with E-state index in [0.717, 1.165) is 42.9 Å². The third-order valence-electron chi connectivity index (χ3n) is 3.74. The summed E-state index contributed by atoms with van der Waals surface area (Å²) >= 11 is 0. The van der Waals surface area contributed by atoms with E-state index in [9.17, 15) is 4.39 Å². The van der Waals surface area contributed by atoms with Crippen LogP contribution in [0.15, 0.2) is 18.2 Å². The number of rotatable bonds is 3. The van der Waals surface area contributed by atoms with Gasteiger partial charge in [0.15, 0.2) is 0 Å². The van der Waals surface area contributed by atoms with Crippen LogP contribution in [0.3, 0.4) is 0 Å². The zero-order valence-corrected chi connectivity index (χ0v) is 10.6. The summed E-state index contributed by atoms with van der Waals surface area (Å²) in [5.41, 5.74) is 1.82. The summed E-state index contributed by atoms with van der Waals surface area (Å²) in [6.45, 7) is 5.10. The lowest BCUT2D eigenvalue weighted by Gasteiger charge is -2.10. The quantitative estimate of drug-likeness (QED) is 0.902. The number of imidazole rings is 1. The van der Waals surface area contributed by atoms with E-state index in [-0.39, 0.29) is 5.82 Å². The summed E-state index contributed by atoms with van der Waals surface area (Å²) < 4.78 is 15.5. The van der Waals surface area contributed by atoms with E-state index < -0.39 is 0 Å². The van der Waals surface area contributed by atoms with Crippen LogP contribution >= 0.6 is 0 Å². The van der Waals surface area contributed by atoms with Crippen LogP contribution in [0.4, 0.5) is 4.39 Å². The van der Waals surface area contributed by atoms with Crippen molar-refractivity contribution >= 4 is 11.0 Å². The van der Waals surface area contributed by atoms with E-state index in [1.165, 1.54) is 12.5 Å². The molecule has 2 aromatic rings. The van der Waals surface area contributed by atoms with Crippen molar-refractivity contribution in [2.45, 2.75) is 26.3 Å². The molecule has 1 fully saturated rings. The summed E-state index contributed by atoms with van der Waals surface area (Å²) in [6, 6.07) is 4.84. The molecule has 1 aromatic carbocycles. The molecule has 3 rings (SSSR count). The third-order valence-corrected chi connectivity index (χ3v) is 3.74. The van der Waals surface area contributed by atoms with Crippen molar-refractivity contribution in [3.8, 4) is 0 Å². The topological polar surface area (TPSA) is 29.9 Å². The summed E-state index contributed by atoms with van der Waals surface area (Å²) in [5, 5.41) is 3.38. The zero-order chi connectivity index (χ0) is 12.5. The predicted octanol–water partition coefficient (Wildman–Crippen LogP) is 2.35. The number of nitrogens with zero attached hydrogens (tertiary/aromatic N) is 2. The minimum absolute atomic E-state index is 0.189. The van der Waals surface area contributed by atoms with Crippen LogP contribution in [0.5, 0.6) is 0 Å². The Balaban J connectivity index is 1.99. The molecule has 1 aromatic heterocycles. The van der Waals surface area contributed by atoms with Gasteiger partial charge in [0.25, 0.3) is 0 Å². The molecule has 18 heavy (non-hydrogen) atoms. The molecule has 96 valence electrons. The lowest BCUT2D eigenvalue weighted by molar-refractivity contribution is 0.542. The maximum atomic E-state index is 13.3. The van der Waals surface area contributed by atoms with Gasteiger partial charge in [-0.3, -0.25) is 0 Å². The molecule has 1 atom stereocenters. The SMILES string of the molecule is CCn1c(CC2CCNC2)nc2ccc(F)cc21. The number of benzene rings is 1. The Morgan fingerprint density at radius 2 is 2.39 bits per heavy atom. The number of hydrogen-bond donors (Lipinski definition) is 1. The number of aryl methyl sites for hydroxylation is 1. The van der Waals surface area contributed by atoms with Gasteiger partial charge in [-0.15, -0.1) is 0 Å². The monoisotopic (exact) mass is 247 g/mol. The molecule has 1 N–H and O–H groups in total. The molecular weight excluding hydrogens is 229 g/mol. The Morgan fingerprint density at radius 3 is 3.11 bits per heavy atom. The molecule has 0 spiro atoms. The second kappa shape index (κ2) is 4.69. The smallest absolute Gasteiger partial charge is 0.125 e. The first-order valence-corrected chi connectivity index (χ1v) is 6.63. The average Bonchev–Trinajstić information content (AvgIpc) is 2.96. The van der Waals surface area contributed by atoms with Crippen LogP contribution < -0.4 is 5.32 Å². The average molecular weight is 247 g/mol. The third kappa shape index (κ3) is 2.01. The molecule has 0 aliphatic carbocycles. The second-order valence-corrected chi connectivity index (χ2v) is 4.97. The standard InChI is InChI=1S/C14H18FN3/c1-2-18-13-8-11(15)3-4-12(13)17-14(18)7-10-5-6-16-9-10/h3-4,8,10,16H,2,5-7,9H2,1H3. The molecule has 4 heteroatoms. The normalized spacial score (nSPS) is 19.8. The molecule has 3 nitrogen and oxygen atoms in total. The Kier molecular flexibility index (Phi) is 3.04. The van der Waals surface area contributed by atoms with Crippen LogP contribution in [0.2, 0.25) is 0 Å². The summed E-state index contributed by atoms with van der Waals surface area (Å²) in [6.07, 6.45) is 2.19. The minimum atomic E-state index is -0.189. The molecule has 0 radical (unpaired) electrons. The number of fused-ring (bicyclic) bond motifs is 1. The van der Waals surface area contributed by atoms with Gasteiger partial charge in [-0.05, 0) is 50.6 Å². The van der Waals surface area contributed by atoms with E-state index in [1.54, 1.807) is 12.1 Å². The second-order valence-electron chi connectivity index (χ2n) is 4.97. The van der Waals surface area contributed by atoms with Crippen LogP contribution in [-0.4, -0.2) is 22.6 Å². The minimum Gasteiger partial charge on any atom is -0.328 e. The number of nitrogens with one attached hydrogen (secondary N) is 1. The van der Waals surface area contributed by atoms with Gasteiger partial charge in [0.05, 0.1) is 11.0 Å². The van der Waals surface area contributed by atoms with Crippen molar-refractivity contribution in [2.75, 3.05) is 13.1 Å². The Bertz CT molecular complexity index is 555. The summed E-state index contributed by atoms with van der Waals surface area (Å²) in [4.78, 5) is 4.66. The fourth-order valence-corrected chi connectivity index (χ4v) is 2.80. The van der Waals surface area contributed by atoms with Crippen LogP contribution in [0, 0.1) is 11.7 Å². The Labute approximate surface area is 106 Å². The molecule has 0 amide bonds. The van der Waals surface area contributed by atoms with Gasteiger partial charge in [-0.1, -0.05) is 0 Å². The highest BCUT2D eigenvalue weighted by molar-refractivity contribution is 5.76. The van der Waals surface area contributed by atoms with Gasteiger partial charge in [-0.25, -0.2) is 9.37 Å². The van der Waals surface area contributed by atoms with Crippen molar-refractivity contribution in [3.63, 3.8) is 0 Å². The first-order chi connectivity index (χ1) is 8.78. The fraction of sp³-hybridized carbons (Fsp3) is 0.500. The van der Waals surface area contributed by atoms with Crippen LogP contribution in [0.1, 0.15) is 19.2 Å². The molecule has 1 saturated heterocycles. The highest BCUT2D eigenvalue weighted by atomic mass is 19.1. The predicted molar refractivity (Wildman–Crippen MR) is 70.0 cm³/mol. The highest BCUT2D eigenvalue weighted by Crippen LogP contribution is 2.21. The van der Waals surface area contributed by atoms with Crippen molar-refractivity contribution in [1.82, 2.24) is 14.9 Å². The highest BCUT2D eigenvalue weighted by Gasteiger charge is 2.19. The molecule has 1 aliphatic rings. The maximum Gasteiger partial charge on any atom is 0.125 e. The molecule has 0 bridgehead atoms. The van der Waals surface area contributed by atoms with Crippen molar-refractivity contribution in [1.29, 1.82) is 0 Å². The van der Waals surface area contributed by atoms with Gasteiger partial charge in [-0.2, -0.15) is 0 Å². The van der Waals surface area contributed by atoms with E-state index in [1.807, 2.05) is 0 Å². The largest absolute Gasteiger partial charge is 0.328 e. The molecule has 1 aliphatic heterocycles. The number of halogens is 1. The number of aromatic nitrogens is 2. The van der Waals surface area contributed by atoms with Gasteiger partial charge in [0.1, 0.15) is 11.6 Å². The Morgan fingerprint density at radius 1 is 1.50 bits per heavy atom. The Hall–Kier alpha value is -1.42. The van der Waals surface area contributed by atoms with Crippen molar-refractivity contribution in [2.24, 2.45) is 5.92 Å². The van der Waals surface area contributed by atoms with Crippen LogP contribution in [0.25, 0.3) is 11.0 Å². The molecule has 1 unspecified atom stereocenters. The number of hydrogen-bond acceptors (Lipinski definition) is 2. The van der Waals surface area contributed by atoms with Crippen molar-refractivity contribution < 1.29 is 4.39 Å². The van der Waals surface area contributed by atoms with Crippen molar-refractivity contribution in [3.05, 3.63) is 29.8 Å². The van der Waals surface area contributed by atoms with E-state index >= 15 is 0 Å². The van der Waals surface area contributed by atoms with E-state index in [4.69, 9.17) is 0 Å². The van der Waals surface area contributed by atoms with Crippen LogP contribution in [-0.2, 0) is 13.0 Å². The first-order valence-electron chi connectivity index (χ1n) is 6.63. The summed E-state index contributed by atoms with van der Waals surface area (Å²) in [5.74, 6) is 1.56. The first kappa shape index (κ1) is 11.7. The molecule has 0 saturated carbocycles. The lowest BCUT2D eigenvalue weighted by Crippen LogP contribution is -2.13. The van der Waals surface area contributed by atoms with Gasteiger partial charge in [0.2, 0.25) is 0 Å². The molecule has 2 heterocycles. The van der Waals surface area contributed by atoms with Gasteiger partial charge < -0.3 is 9.88 Å². The maximum absolute atomic E-state index is 13.3. The van der Waals surface area contributed by atoms with Gasteiger partial charge in [0, 0.05) is 13.0 Å². The zero-order valence-electron chi connectivity index (χ0n) is 10.6. The fourth-order valence-electron chi connectivity index (χ4n) is 2.80. The molecular formula is C14H18FN3.